The number of rotatable bonds is 5. The summed E-state index contributed by atoms with van der Waals surface area (Å²) in [6.07, 6.45) is 2.65. The summed E-state index contributed by atoms with van der Waals surface area (Å²) in [6, 6.07) is 2.28. The van der Waals surface area contributed by atoms with E-state index in [0.717, 1.165) is 31.6 Å². The van der Waals surface area contributed by atoms with Crippen LogP contribution in [0.25, 0.3) is 0 Å². The van der Waals surface area contributed by atoms with Crippen molar-refractivity contribution in [3.63, 3.8) is 0 Å². The number of hydrogen-bond acceptors (Lipinski definition) is 4. The van der Waals surface area contributed by atoms with Crippen LogP contribution >= 0.6 is 23.2 Å². The molecule has 1 aliphatic rings. The van der Waals surface area contributed by atoms with Crippen LogP contribution in [0.5, 0.6) is 0 Å². The maximum absolute atomic E-state index is 11.9. The van der Waals surface area contributed by atoms with Crippen LogP contribution in [0.1, 0.15) is 45.6 Å². The lowest BCUT2D eigenvalue weighted by Gasteiger charge is -2.30. The molecule has 1 aliphatic heterocycles. The predicted octanol–water partition coefficient (Wildman–Crippen LogP) is 4.50. The molecule has 0 aromatic heterocycles. The van der Waals surface area contributed by atoms with E-state index < -0.39 is 23.7 Å². The third-order valence-electron chi connectivity index (χ3n) is 4.18. The van der Waals surface area contributed by atoms with Crippen LogP contribution < -0.4 is 10.2 Å². The summed E-state index contributed by atoms with van der Waals surface area (Å²) in [5, 5.41) is 12.8. The molecule has 0 bridgehead atoms. The van der Waals surface area contributed by atoms with E-state index in [-0.39, 0.29) is 6.42 Å². The molecule has 1 saturated heterocycles. The number of hydrogen-bond donors (Lipinski definition) is 2. The van der Waals surface area contributed by atoms with Gasteiger partial charge in [-0.3, -0.25) is 0 Å². The van der Waals surface area contributed by atoms with Gasteiger partial charge in [-0.2, -0.15) is 0 Å². The number of amides is 1. The molecule has 0 saturated carbocycles. The summed E-state index contributed by atoms with van der Waals surface area (Å²) < 4.78 is 5.13. The van der Waals surface area contributed by atoms with Crippen molar-refractivity contribution in [3.05, 3.63) is 27.7 Å². The molecule has 2 N–H and O–H groups in total. The number of nitrogens with zero attached hydrogens (tertiary/aromatic N) is 1. The second-order valence-electron chi connectivity index (χ2n) is 7.70. The molecule has 150 valence electrons. The van der Waals surface area contributed by atoms with Gasteiger partial charge in [0.1, 0.15) is 11.6 Å². The number of piperidine rings is 1. The molecule has 1 aromatic rings. The number of carbonyl (C=O) groups is 2. The molecular formula is C19H26Cl2N2O4. The second kappa shape index (κ2) is 9.02. The van der Waals surface area contributed by atoms with Gasteiger partial charge in [0.2, 0.25) is 0 Å². The second-order valence-corrected chi connectivity index (χ2v) is 8.51. The van der Waals surface area contributed by atoms with Gasteiger partial charge in [0.25, 0.3) is 0 Å². The Bertz CT molecular complexity index is 674. The number of anilines is 1. The summed E-state index contributed by atoms with van der Waals surface area (Å²) >= 11 is 12.9. The highest BCUT2D eigenvalue weighted by Gasteiger charge is 2.25. The smallest absolute Gasteiger partial charge is 0.408 e. The molecule has 8 heteroatoms. The zero-order valence-corrected chi connectivity index (χ0v) is 17.4. The highest BCUT2D eigenvalue weighted by molar-refractivity contribution is 6.39. The first kappa shape index (κ1) is 21.6. The Morgan fingerprint density at radius 1 is 1.19 bits per heavy atom. The molecule has 1 amide bonds. The van der Waals surface area contributed by atoms with Crippen molar-refractivity contribution in [3.8, 4) is 0 Å². The zero-order chi connectivity index (χ0) is 20.2. The molecule has 1 fully saturated rings. The average molecular weight is 417 g/mol. The van der Waals surface area contributed by atoms with Gasteiger partial charge in [-0.25, -0.2) is 9.59 Å². The maximum Gasteiger partial charge on any atom is 0.408 e. The fourth-order valence-electron chi connectivity index (χ4n) is 3.04. The Morgan fingerprint density at radius 3 is 2.22 bits per heavy atom. The number of benzene rings is 1. The van der Waals surface area contributed by atoms with Crippen molar-refractivity contribution >= 4 is 41.0 Å². The van der Waals surface area contributed by atoms with Crippen LogP contribution in [-0.4, -0.2) is 41.9 Å². The van der Waals surface area contributed by atoms with Crippen LogP contribution in [0.15, 0.2) is 12.1 Å². The Morgan fingerprint density at radius 2 is 1.74 bits per heavy atom. The van der Waals surface area contributed by atoms with Crippen LogP contribution in [0.2, 0.25) is 10.0 Å². The lowest BCUT2D eigenvalue weighted by Crippen LogP contribution is -2.44. The van der Waals surface area contributed by atoms with Gasteiger partial charge in [0, 0.05) is 19.5 Å². The highest BCUT2D eigenvalue weighted by Crippen LogP contribution is 2.36. The van der Waals surface area contributed by atoms with Crippen molar-refractivity contribution in [2.75, 3.05) is 18.0 Å². The van der Waals surface area contributed by atoms with E-state index in [1.807, 2.05) is 0 Å². The fraction of sp³-hybridized carbons (Fsp3) is 0.579. The maximum atomic E-state index is 11.9. The number of carboxylic acid groups (broad SMARTS) is 1. The molecule has 1 heterocycles. The van der Waals surface area contributed by atoms with Gasteiger partial charge in [0.05, 0.1) is 15.7 Å². The Kier molecular flexibility index (Phi) is 7.23. The average Bonchev–Trinajstić information content (AvgIpc) is 2.52. The Hall–Kier alpha value is -1.66. The summed E-state index contributed by atoms with van der Waals surface area (Å²) in [4.78, 5) is 25.6. The number of carboxylic acids is 1. The molecule has 0 aliphatic carbocycles. The molecule has 1 atom stereocenters. The molecule has 0 spiro atoms. The van der Waals surface area contributed by atoms with Crippen molar-refractivity contribution in [1.29, 1.82) is 0 Å². The standard InChI is InChI=1S/C19H26Cl2N2O4/c1-19(2,3)27-18(26)22-15(17(24)25)11-12-9-13(20)16(14(21)10-12)23-7-5-4-6-8-23/h9-10,15H,4-8,11H2,1-3H3,(H,22,26)(H,24,25). The van der Waals surface area contributed by atoms with Gasteiger partial charge in [-0.05, 0) is 57.7 Å². The van der Waals surface area contributed by atoms with Gasteiger partial charge in [-0.1, -0.05) is 23.2 Å². The van der Waals surface area contributed by atoms with Crippen LogP contribution in [0.4, 0.5) is 10.5 Å². The number of ether oxygens (including phenoxy) is 1. The number of halogens is 2. The predicted molar refractivity (Wildman–Crippen MR) is 107 cm³/mol. The van der Waals surface area contributed by atoms with Crippen molar-refractivity contribution < 1.29 is 19.4 Å². The lowest BCUT2D eigenvalue weighted by molar-refractivity contribution is -0.139. The minimum absolute atomic E-state index is 0.0499. The Labute approximate surface area is 169 Å². The molecule has 0 radical (unpaired) electrons. The normalized spacial score (nSPS) is 16.0. The fourth-order valence-corrected chi connectivity index (χ4v) is 3.81. The third kappa shape index (κ3) is 6.47. The van der Waals surface area contributed by atoms with Crippen molar-refractivity contribution in [2.24, 2.45) is 0 Å². The first-order valence-corrected chi connectivity index (χ1v) is 9.77. The molecular weight excluding hydrogens is 391 g/mol. The van der Waals surface area contributed by atoms with Gasteiger partial charge < -0.3 is 20.1 Å². The van der Waals surface area contributed by atoms with Gasteiger partial charge in [-0.15, -0.1) is 0 Å². The SMILES string of the molecule is CC(C)(C)OC(=O)NC(Cc1cc(Cl)c(N2CCCCC2)c(Cl)c1)C(=O)O. The minimum Gasteiger partial charge on any atom is -0.480 e. The molecule has 1 aromatic carbocycles. The number of nitrogens with one attached hydrogen (secondary N) is 1. The van der Waals surface area contributed by atoms with E-state index in [1.165, 1.54) is 6.42 Å². The Balaban J connectivity index is 2.14. The van der Waals surface area contributed by atoms with Crippen molar-refractivity contribution in [1.82, 2.24) is 5.32 Å². The minimum atomic E-state index is -1.16. The summed E-state index contributed by atoms with van der Waals surface area (Å²) in [5.41, 5.74) is 0.707. The highest BCUT2D eigenvalue weighted by atomic mass is 35.5. The van der Waals surface area contributed by atoms with E-state index in [4.69, 9.17) is 27.9 Å². The summed E-state index contributed by atoms with van der Waals surface area (Å²) in [6.45, 7) is 6.93. The van der Waals surface area contributed by atoms with E-state index in [2.05, 4.69) is 10.2 Å². The molecule has 6 nitrogen and oxygen atoms in total. The first-order valence-electron chi connectivity index (χ1n) is 9.02. The third-order valence-corrected chi connectivity index (χ3v) is 4.75. The van der Waals surface area contributed by atoms with E-state index in [1.54, 1.807) is 32.9 Å². The van der Waals surface area contributed by atoms with Crippen LogP contribution in [0.3, 0.4) is 0 Å². The molecule has 1 unspecified atom stereocenters. The summed E-state index contributed by atoms with van der Waals surface area (Å²) in [7, 11) is 0. The topological polar surface area (TPSA) is 78.9 Å². The van der Waals surface area contributed by atoms with Crippen LogP contribution in [0, 0.1) is 0 Å². The van der Waals surface area contributed by atoms with Gasteiger partial charge >= 0.3 is 12.1 Å². The zero-order valence-electron chi connectivity index (χ0n) is 15.8. The first-order chi connectivity index (χ1) is 12.6. The quantitative estimate of drug-likeness (QED) is 0.738. The molecule has 27 heavy (non-hydrogen) atoms. The lowest BCUT2D eigenvalue weighted by atomic mass is 10.0. The van der Waals surface area contributed by atoms with Crippen LogP contribution in [-0.2, 0) is 16.0 Å². The van der Waals surface area contributed by atoms with Gasteiger partial charge in [0.15, 0.2) is 0 Å². The number of aliphatic carboxylic acids is 1. The number of alkyl carbamates (subject to hydrolysis) is 1. The van der Waals surface area contributed by atoms with E-state index in [9.17, 15) is 14.7 Å². The summed E-state index contributed by atoms with van der Waals surface area (Å²) in [5.74, 6) is -1.16. The number of carbonyl (C=O) groups excluding carboxylic acids is 1. The largest absolute Gasteiger partial charge is 0.480 e. The van der Waals surface area contributed by atoms with Crippen molar-refractivity contribution in [2.45, 2.75) is 58.1 Å². The molecule has 2 rings (SSSR count). The van der Waals surface area contributed by atoms with E-state index in [0.29, 0.717) is 15.6 Å². The monoisotopic (exact) mass is 416 g/mol. The van der Waals surface area contributed by atoms with E-state index >= 15 is 0 Å².